The molecule has 0 aliphatic carbocycles. The predicted molar refractivity (Wildman–Crippen MR) is 79.4 cm³/mol. The standard InChI is InChI=1S/C13H20BrN3O/c1-8(2)9(3)17(4)12-6-5-10(14)7-11(12)13(15)16-18/h5-9,18H,1-4H3,(H2,15,16). The summed E-state index contributed by atoms with van der Waals surface area (Å²) >= 11 is 3.40. The average Bonchev–Trinajstić information content (AvgIpc) is 2.35. The van der Waals surface area contributed by atoms with Crippen molar-refractivity contribution in [3.05, 3.63) is 28.2 Å². The molecule has 0 heterocycles. The molecule has 0 radical (unpaired) electrons. The zero-order valence-corrected chi connectivity index (χ0v) is 12.8. The highest BCUT2D eigenvalue weighted by Gasteiger charge is 2.18. The average molecular weight is 314 g/mol. The summed E-state index contributed by atoms with van der Waals surface area (Å²) in [6.45, 7) is 6.50. The van der Waals surface area contributed by atoms with Gasteiger partial charge in [0.15, 0.2) is 5.84 Å². The van der Waals surface area contributed by atoms with Crippen LogP contribution < -0.4 is 10.6 Å². The minimum Gasteiger partial charge on any atom is -0.409 e. The van der Waals surface area contributed by atoms with Gasteiger partial charge in [0.05, 0.1) is 0 Å². The van der Waals surface area contributed by atoms with E-state index in [0.29, 0.717) is 12.0 Å². The smallest absolute Gasteiger partial charge is 0.172 e. The van der Waals surface area contributed by atoms with Crippen molar-refractivity contribution in [3.63, 3.8) is 0 Å². The summed E-state index contributed by atoms with van der Waals surface area (Å²) in [5.74, 6) is 0.632. The van der Waals surface area contributed by atoms with E-state index in [9.17, 15) is 0 Å². The van der Waals surface area contributed by atoms with Crippen molar-refractivity contribution in [3.8, 4) is 0 Å². The Labute approximate surface area is 117 Å². The van der Waals surface area contributed by atoms with Crippen molar-refractivity contribution in [1.29, 1.82) is 0 Å². The van der Waals surface area contributed by atoms with Crippen LogP contribution in [0.1, 0.15) is 26.3 Å². The molecule has 0 aromatic heterocycles. The molecule has 4 nitrogen and oxygen atoms in total. The molecule has 5 heteroatoms. The van der Waals surface area contributed by atoms with E-state index in [0.717, 1.165) is 15.7 Å². The minimum absolute atomic E-state index is 0.120. The van der Waals surface area contributed by atoms with E-state index < -0.39 is 0 Å². The van der Waals surface area contributed by atoms with Crippen molar-refractivity contribution in [1.82, 2.24) is 0 Å². The fourth-order valence-corrected chi connectivity index (χ4v) is 2.10. The van der Waals surface area contributed by atoms with Gasteiger partial charge in [0.25, 0.3) is 0 Å². The second kappa shape index (κ2) is 6.09. The lowest BCUT2D eigenvalue weighted by Crippen LogP contribution is -2.34. The Hall–Kier alpha value is -1.23. The van der Waals surface area contributed by atoms with Crippen LogP contribution in [0.5, 0.6) is 0 Å². The fraction of sp³-hybridized carbons (Fsp3) is 0.462. The predicted octanol–water partition coefficient (Wildman–Crippen LogP) is 3.02. The Balaban J connectivity index is 3.23. The summed E-state index contributed by atoms with van der Waals surface area (Å²) in [6, 6.07) is 6.13. The molecule has 0 fully saturated rings. The maximum Gasteiger partial charge on any atom is 0.172 e. The van der Waals surface area contributed by atoms with Gasteiger partial charge in [-0.25, -0.2) is 0 Å². The van der Waals surface area contributed by atoms with Gasteiger partial charge < -0.3 is 15.8 Å². The van der Waals surface area contributed by atoms with Crippen LogP contribution in [0.2, 0.25) is 0 Å². The minimum atomic E-state index is 0.120. The van der Waals surface area contributed by atoms with E-state index in [4.69, 9.17) is 10.9 Å². The van der Waals surface area contributed by atoms with Crippen LogP contribution in [0, 0.1) is 5.92 Å². The molecule has 0 aliphatic heterocycles. The Kier molecular flexibility index (Phi) is 5.02. The van der Waals surface area contributed by atoms with Gasteiger partial charge in [-0.15, -0.1) is 0 Å². The molecule has 0 aliphatic rings. The van der Waals surface area contributed by atoms with Gasteiger partial charge in [0, 0.05) is 28.8 Å². The molecule has 18 heavy (non-hydrogen) atoms. The molecular weight excluding hydrogens is 294 g/mol. The highest BCUT2D eigenvalue weighted by molar-refractivity contribution is 9.10. The van der Waals surface area contributed by atoms with Gasteiger partial charge in [-0.2, -0.15) is 0 Å². The topological polar surface area (TPSA) is 61.8 Å². The van der Waals surface area contributed by atoms with E-state index in [-0.39, 0.29) is 5.84 Å². The lowest BCUT2D eigenvalue weighted by Gasteiger charge is -2.31. The largest absolute Gasteiger partial charge is 0.409 e. The molecule has 1 rings (SSSR count). The number of benzene rings is 1. The first-order valence-corrected chi connectivity index (χ1v) is 6.68. The van der Waals surface area contributed by atoms with Gasteiger partial charge in [-0.3, -0.25) is 0 Å². The summed E-state index contributed by atoms with van der Waals surface area (Å²) < 4.78 is 0.901. The molecule has 0 amide bonds. The van der Waals surface area contributed by atoms with E-state index in [2.05, 4.69) is 46.8 Å². The number of oxime groups is 1. The molecule has 100 valence electrons. The molecule has 0 bridgehead atoms. The molecular formula is C13H20BrN3O. The van der Waals surface area contributed by atoms with Crippen molar-refractivity contribution in [2.45, 2.75) is 26.8 Å². The Morgan fingerprint density at radius 1 is 1.39 bits per heavy atom. The second-order valence-corrected chi connectivity index (χ2v) is 5.66. The van der Waals surface area contributed by atoms with Crippen LogP contribution in [0.15, 0.2) is 27.8 Å². The molecule has 1 aromatic rings. The van der Waals surface area contributed by atoms with E-state index in [1.165, 1.54) is 0 Å². The number of nitrogens with two attached hydrogens (primary N) is 1. The third kappa shape index (κ3) is 3.16. The number of hydrogen-bond donors (Lipinski definition) is 2. The summed E-state index contributed by atoms with van der Waals surface area (Å²) in [5, 5.41) is 12.0. The second-order valence-electron chi connectivity index (χ2n) is 4.74. The summed E-state index contributed by atoms with van der Waals surface area (Å²) in [7, 11) is 2.02. The number of amidine groups is 1. The van der Waals surface area contributed by atoms with Gasteiger partial charge in [-0.1, -0.05) is 34.9 Å². The molecule has 3 N–H and O–H groups in total. The summed E-state index contributed by atoms with van der Waals surface area (Å²) in [6.07, 6.45) is 0. The maximum absolute atomic E-state index is 8.86. The maximum atomic E-state index is 8.86. The number of hydrogen-bond acceptors (Lipinski definition) is 3. The molecule has 1 aromatic carbocycles. The first-order valence-electron chi connectivity index (χ1n) is 5.88. The van der Waals surface area contributed by atoms with Gasteiger partial charge in [-0.05, 0) is 31.0 Å². The number of rotatable bonds is 4. The van der Waals surface area contributed by atoms with Crippen LogP contribution in [-0.4, -0.2) is 24.1 Å². The SMILES string of the molecule is CC(C)C(C)N(C)c1ccc(Br)cc1/C(N)=N/O. The lowest BCUT2D eigenvalue weighted by atomic mass is 10.0. The Morgan fingerprint density at radius 3 is 2.50 bits per heavy atom. The Bertz CT molecular complexity index is 446. The van der Waals surface area contributed by atoms with Crippen molar-refractivity contribution in [2.24, 2.45) is 16.8 Å². The highest BCUT2D eigenvalue weighted by atomic mass is 79.9. The van der Waals surface area contributed by atoms with Crippen molar-refractivity contribution in [2.75, 3.05) is 11.9 Å². The van der Waals surface area contributed by atoms with Crippen molar-refractivity contribution < 1.29 is 5.21 Å². The molecule has 1 unspecified atom stereocenters. The summed E-state index contributed by atoms with van der Waals surface area (Å²) in [4.78, 5) is 2.14. The molecule has 0 spiro atoms. The van der Waals surface area contributed by atoms with Crippen LogP contribution in [0.4, 0.5) is 5.69 Å². The van der Waals surface area contributed by atoms with E-state index in [1.807, 2.05) is 25.2 Å². The third-order valence-corrected chi connectivity index (χ3v) is 3.79. The quantitative estimate of drug-likeness (QED) is 0.389. The number of nitrogens with zero attached hydrogens (tertiary/aromatic N) is 2. The summed E-state index contributed by atoms with van der Waals surface area (Å²) in [5.41, 5.74) is 7.41. The van der Waals surface area contributed by atoms with E-state index in [1.54, 1.807) is 0 Å². The van der Waals surface area contributed by atoms with Crippen LogP contribution in [0.3, 0.4) is 0 Å². The van der Waals surface area contributed by atoms with Crippen LogP contribution >= 0.6 is 15.9 Å². The first-order chi connectivity index (χ1) is 8.38. The monoisotopic (exact) mass is 313 g/mol. The lowest BCUT2D eigenvalue weighted by molar-refractivity contribution is 0.318. The van der Waals surface area contributed by atoms with Crippen LogP contribution in [-0.2, 0) is 0 Å². The fourth-order valence-electron chi connectivity index (χ4n) is 1.74. The van der Waals surface area contributed by atoms with Gasteiger partial charge in [0.1, 0.15) is 0 Å². The zero-order valence-electron chi connectivity index (χ0n) is 11.2. The zero-order chi connectivity index (χ0) is 13.9. The highest BCUT2D eigenvalue weighted by Crippen LogP contribution is 2.26. The van der Waals surface area contributed by atoms with Gasteiger partial charge >= 0.3 is 0 Å². The number of halogens is 1. The van der Waals surface area contributed by atoms with Crippen LogP contribution in [0.25, 0.3) is 0 Å². The van der Waals surface area contributed by atoms with Crippen molar-refractivity contribution >= 4 is 27.5 Å². The number of anilines is 1. The Morgan fingerprint density at radius 2 is 2.00 bits per heavy atom. The normalized spacial score (nSPS) is 13.8. The third-order valence-electron chi connectivity index (χ3n) is 3.30. The van der Waals surface area contributed by atoms with Gasteiger partial charge in [0.2, 0.25) is 0 Å². The molecule has 0 saturated carbocycles. The first kappa shape index (κ1) is 14.8. The molecule has 1 atom stereocenters. The molecule has 0 saturated heterocycles. The van der Waals surface area contributed by atoms with E-state index >= 15 is 0 Å².